The highest BCUT2D eigenvalue weighted by atomic mass is 35.5. The second kappa shape index (κ2) is 13.9. The number of likely N-dealkylation sites (N-methyl/N-ethyl adjacent to an activating group) is 1. The molecule has 0 saturated heterocycles. The minimum absolute atomic E-state index is 0.0313. The van der Waals surface area contributed by atoms with Gasteiger partial charge in [0.05, 0.1) is 17.2 Å². The predicted molar refractivity (Wildman–Crippen MR) is 158 cm³/mol. The van der Waals surface area contributed by atoms with Gasteiger partial charge in [0.2, 0.25) is 11.8 Å². The molecule has 2 amide bonds. The van der Waals surface area contributed by atoms with Crippen LogP contribution in [0.1, 0.15) is 31.9 Å². The van der Waals surface area contributed by atoms with E-state index in [0.29, 0.717) is 34.5 Å². The first kappa shape index (κ1) is 31.3. The normalized spacial score (nSPS) is 11.9. The van der Waals surface area contributed by atoms with Crippen LogP contribution in [0.15, 0.2) is 71.6 Å². The number of amides is 2. The summed E-state index contributed by atoms with van der Waals surface area (Å²) in [6.07, 6.45) is 0. The summed E-state index contributed by atoms with van der Waals surface area (Å²) < 4.78 is 34.3. The molecule has 3 aromatic rings. The van der Waals surface area contributed by atoms with E-state index in [1.165, 1.54) is 17.0 Å². The second-order valence-corrected chi connectivity index (χ2v) is 11.8. The highest BCUT2D eigenvalue weighted by Gasteiger charge is 2.32. The molecule has 0 aromatic heterocycles. The third kappa shape index (κ3) is 7.68. The van der Waals surface area contributed by atoms with E-state index in [9.17, 15) is 18.0 Å². The molecule has 8 nitrogen and oxygen atoms in total. The monoisotopic (exact) mass is 605 g/mol. The summed E-state index contributed by atoms with van der Waals surface area (Å²) in [5.74, 6) is -0.404. The van der Waals surface area contributed by atoms with Gasteiger partial charge >= 0.3 is 0 Å². The number of benzene rings is 3. The first-order chi connectivity index (χ1) is 19.0. The molecule has 0 heterocycles. The number of ether oxygens (including phenoxy) is 1. The van der Waals surface area contributed by atoms with Gasteiger partial charge in [0.25, 0.3) is 10.0 Å². The van der Waals surface area contributed by atoms with Crippen molar-refractivity contribution in [2.24, 2.45) is 0 Å². The lowest BCUT2D eigenvalue weighted by Gasteiger charge is -2.32. The molecule has 1 atom stereocenters. The minimum Gasteiger partial charge on any atom is -0.494 e. The number of nitrogens with zero attached hydrogens (tertiary/aromatic N) is 2. The molecule has 0 spiro atoms. The minimum atomic E-state index is -4.17. The van der Waals surface area contributed by atoms with Crippen molar-refractivity contribution in [3.8, 4) is 5.75 Å². The zero-order chi connectivity index (χ0) is 29.4. The molecule has 0 bridgehead atoms. The van der Waals surface area contributed by atoms with E-state index in [4.69, 9.17) is 27.9 Å². The number of hydrogen-bond acceptors (Lipinski definition) is 5. The summed E-state index contributed by atoms with van der Waals surface area (Å²) in [5.41, 5.74) is 1.72. The van der Waals surface area contributed by atoms with Crippen molar-refractivity contribution in [2.45, 2.75) is 45.2 Å². The van der Waals surface area contributed by atoms with E-state index in [-0.39, 0.29) is 23.0 Å². The average molecular weight is 607 g/mol. The summed E-state index contributed by atoms with van der Waals surface area (Å²) >= 11 is 12.4. The van der Waals surface area contributed by atoms with Gasteiger partial charge in [-0.2, -0.15) is 0 Å². The molecule has 0 aliphatic carbocycles. The van der Waals surface area contributed by atoms with Crippen LogP contribution < -0.4 is 14.4 Å². The van der Waals surface area contributed by atoms with E-state index in [0.717, 1.165) is 9.87 Å². The number of carbonyl (C=O) groups excluding carboxylic acids is 2. The fourth-order valence-corrected chi connectivity index (χ4v) is 5.86. The SMILES string of the molecule is CCNC(=O)[C@H](C)N(Cc1ccc(Cl)cc1Cl)C(=O)CN(c1ccc(OCC)cc1)S(=O)(=O)c1ccc(C)cc1. The molecule has 214 valence electrons. The topological polar surface area (TPSA) is 96.0 Å². The van der Waals surface area contributed by atoms with Crippen LogP contribution in [0.4, 0.5) is 5.69 Å². The largest absolute Gasteiger partial charge is 0.494 e. The van der Waals surface area contributed by atoms with Gasteiger partial charge in [-0.15, -0.1) is 0 Å². The number of anilines is 1. The Balaban J connectivity index is 2.05. The zero-order valence-corrected chi connectivity index (χ0v) is 25.2. The van der Waals surface area contributed by atoms with Crippen molar-refractivity contribution in [1.29, 1.82) is 0 Å². The molecule has 0 aliphatic heterocycles. The van der Waals surface area contributed by atoms with Gasteiger partial charge in [-0.3, -0.25) is 13.9 Å². The number of carbonyl (C=O) groups is 2. The molecule has 0 saturated carbocycles. The predicted octanol–water partition coefficient (Wildman–Crippen LogP) is 5.45. The maximum atomic E-state index is 13.9. The molecule has 11 heteroatoms. The van der Waals surface area contributed by atoms with Gasteiger partial charge in [0.1, 0.15) is 18.3 Å². The van der Waals surface area contributed by atoms with Crippen LogP contribution >= 0.6 is 23.2 Å². The Morgan fingerprint density at radius 1 is 0.975 bits per heavy atom. The second-order valence-electron chi connectivity index (χ2n) is 9.08. The van der Waals surface area contributed by atoms with Crippen molar-refractivity contribution < 1.29 is 22.7 Å². The van der Waals surface area contributed by atoms with Crippen molar-refractivity contribution in [2.75, 3.05) is 24.0 Å². The molecule has 0 aliphatic rings. The van der Waals surface area contributed by atoms with Crippen LogP contribution in [0, 0.1) is 6.92 Å². The molecule has 3 rings (SSSR count). The van der Waals surface area contributed by atoms with Gasteiger partial charge in [0.15, 0.2) is 0 Å². The molecule has 0 radical (unpaired) electrons. The first-order valence-electron chi connectivity index (χ1n) is 12.8. The Labute approximate surface area is 245 Å². The molecule has 3 aromatic carbocycles. The maximum absolute atomic E-state index is 13.9. The molecule has 1 N–H and O–H groups in total. The summed E-state index contributed by atoms with van der Waals surface area (Å²) in [6.45, 7) is 7.28. The smallest absolute Gasteiger partial charge is 0.264 e. The molecule has 0 fully saturated rings. The van der Waals surface area contributed by atoms with Crippen LogP contribution in [-0.2, 0) is 26.2 Å². The molecule has 40 heavy (non-hydrogen) atoms. The van der Waals surface area contributed by atoms with Gasteiger partial charge in [-0.25, -0.2) is 8.42 Å². The Morgan fingerprint density at radius 2 is 1.62 bits per heavy atom. The lowest BCUT2D eigenvalue weighted by atomic mass is 10.1. The lowest BCUT2D eigenvalue weighted by Crippen LogP contribution is -2.51. The average Bonchev–Trinajstić information content (AvgIpc) is 2.92. The van der Waals surface area contributed by atoms with E-state index < -0.39 is 28.5 Å². The van der Waals surface area contributed by atoms with Crippen LogP contribution in [0.3, 0.4) is 0 Å². The fraction of sp³-hybridized carbons (Fsp3) is 0.310. The highest BCUT2D eigenvalue weighted by molar-refractivity contribution is 7.92. The van der Waals surface area contributed by atoms with E-state index in [1.807, 2.05) is 13.8 Å². The molecular formula is C29H33Cl2N3O5S. The van der Waals surface area contributed by atoms with E-state index in [2.05, 4.69) is 5.32 Å². The highest BCUT2D eigenvalue weighted by Crippen LogP contribution is 2.28. The number of hydrogen-bond donors (Lipinski definition) is 1. The van der Waals surface area contributed by atoms with Crippen LogP contribution in [0.25, 0.3) is 0 Å². The van der Waals surface area contributed by atoms with Gasteiger partial charge in [-0.1, -0.05) is 47.0 Å². The first-order valence-corrected chi connectivity index (χ1v) is 15.0. The summed E-state index contributed by atoms with van der Waals surface area (Å²) in [4.78, 5) is 28.1. The Bertz CT molecular complexity index is 1430. The number of rotatable bonds is 12. The fourth-order valence-electron chi connectivity index (χ4n) is 3.98. The lowest BCUT2D eigenvalue weighted by molar-refractivity contribution is -0.139. The third-order valence-corrected chi connectivity index (χ3v) is 8.57. The van der Waals surface area contributed by atoms with Crippen LogP contribution in [0.5, 0.6) is 5.75 Å². The Kier molecular flexibility index (Phi) is 10.8. The maximum Gasteiger partial charge on any atom is 0.264 e. The van der Waals surface area contributed by atoms with Crippen LogP contribution in [0.2, 0.25) is 10.0 Å². The molecular weight excluding hydrogens is 573 g/mol. The number of nitrogens with one attached hydrogen (secondary N) is 1. The summed E-state index contributed by atoms with van der Waals surface area (Å²) in [5, 5.41) is 3.47. The van der Waals surface area contributed by atoms with Gasteiger partial charge in [0, 0.05) is 23.1 Å². The van der Waals surface area contributed by atoms with Gasteiger partial charge in [-0.05, 0) is 81.8 Å². The van der Waals surface area contributed by atoms with E-state index >= 15 is 0 Å². The summed E-state index contributed by atoms with van der Waals surface area (Å²) in [7, 11) is -4.17. The van der Waals surface area contributed by atoms with Crippen molar-refractivity contribution in [1.82, 2.24) is 10.2 Å². The van der Waals surface area contributed by atoms with Crippen LogP contribution in [-0.4, -0.2) is 50.9 Å². The van der Waals surface area contributed by atoms with Crippen molar-refractivity contribution >= 4 is 50.7 Å². The third-order valence-electron chi connectivity index (χ3n) is 6.20. The van der Waals surface area contributed by atoms with Gasteiger partial charge < -0.3 is 15.0 Å². The zero-order valence-electron chi connectivity index (χ0n) is 22.9. The number of halogens is 2. The quantitative estimate of drug-likeness (QED) is 0.296. The number of sulfonamides is 1. The van der Waals surface area contributed by atoms with E-state index in [1.54, 1.807) is 68.4 Å². The Hall–Kier alpha value is -3.27. The van der Waals surface area contributed by atoms with Crippen molar-refractivity contribution in [3.63, 3.8) is 0 Å². The Morgan fingerprint density at radius 3 is 2.20 bits per heavy atom. The number of aryl methyl sites for hydroxylation is 1. The summed E-state index contributed by atoms with van der Waals surface area (Å²) in [6, 6.07) is 16.8. The standard InChI is InChI=1S/C29H33Cl2N3O5S/c1-5-32-29(36)21(4)33(18-22-9-10-23(30)17-27(22)31)28(35)19-34(24-11-13-25(14-12-24)39-6-2)40(37,38)26-15-7-20(3)8-16-26/h7-17,21H,5-6,18-19H2,1-4H3,(H,32,36)/t21-/m0/s1. The van der Waals surface area contributed by atoms with Crippen molar-refractivity contribution in [3.05, 3.63) is 87.9 Å². The molecule has 0 unspecified atom stereocenters.